The molecule has 0 fully saturated rings. The number of carbonyl (C=O) groups is 1. The van der Waals surface area contributed by atoms with Gasteiger partial charge in [-0.2, -0.15) is 0 Å². The molecule has 0 radical (unpaired) electrons. The second kappa shape index (κ2) is 8.95. The second-order valence-electron chi connectivity index (χ2n) is 8.43. The molecule has 1 aromatic heterocycles. The van der Waals surface area contributed by atoms with Gasteiger partial charge in [-0.15, -0.1) is 0 Å². The Kier molecular flexibility index (Phi) is 6.08. The first kappa shape index (κ1) is 21.8. The Morgan fingerprint density at radius 3 is 2.34 bits per heavy atom. The molecule has 164 valence electrons. The third kappa shape index (κ3) is 4.42. The number of aromatic nitrogens is 1. The quantitative estimate of drug-likeness (QED) is 0.380. The molecule has 4 aromatic rings. The standard InChI is InChI=1S/C27H25F2NO2/c1-17(2)27-23(15-21(32)12-19-8-10-24(28)25(29)13-19)22-14-20(31)9-11-26(22)30(27)16-18-6-4-3-5-7-18/h3-11,13-14,17,31H,12,15-16H2,1-2H3. The van der Waals surface area contributed by atoms with Crippen LogP contribution < -0.4 is 0 Å². The molecule has 1 N–H and O–H groups in total. The number of aromatic hydroxyl groups is 1. The summed E-state index contributed by atoms with van der Waals surface area (Å²) >= 11 is 0. The summed E-state index contributed by atoms with van der Waals surface area (Å²) in [5.41, 5.74) is 4.43. The largest absolute Gasteiger partial charge is 0.508 e. The van der Waals surface area contributed by atoms with Crippen LogP contribution in [-0.2, 0) is 24.2 Å². The van der Waals surface area contributed by atoms with Gasteiger partial charge in [0.2, 0.25) is 0 Å². The van der Waals surface area contributed by atoms with E-state index in [2.05, 4.69) is 30.5 Å². The lowest BCUT2D eigenvalue weighted by Gasteiger charge is -2.15. The topological polar surface area (TPSA) is 42.2 Å². The lowest BCUT2D eigenvalue weighted by molar-refractivity contribution is -0.117. The van der Waals surface area contributed by atoms with Crippen molar-refractivity contribution in [2.24, 2.45) is 0 Å². The fourth-order valence-corrected chi connectivity index (χ4v) is 4.35. The molecule has 0 bridgehead atoms. The van der Waals surface area contributed by atoms with Crippen LogP contribution in [0.4, 0.5) is 8.78 Å². The van der Waals surface area contributed by atoms with E-state index in [-0.39, 0.29) is 30.3 Å². The smallest absolute Gasteiger partial charge is 0.159 e. The Labute approximate surface area is 185 Å². The number of rotatable bonds is 7. The predicted molar refractivity (Wildman–Crippen MR) is 122 cm³/mol. The van der Waals surface area contributed by atoms with E-state index in [1.807, 2.05) is 24.3 Å². The molecule has 0 unspecified atom stereocenters. The molecule has 5 heteroatoms. The minimum atomic E-state index is -0.956. The number of nitrogens with zero attached hydrogens (tertiary/aromatic N) is 1. The molecular weight excluding hydrogens is 408 g/mol. The van der Waals surface area contributed by atoms with Crippen LogP contribution in [0.25, 0.3) is 10.9 Å². The number of phenolic OH excluding ortho intramolecular Hbond substituents is 1. The molecule has 3 aromatic carbocycles. The van der Waals surface area contributed by atoms with Crippen molar-refractivity contribution in [3.8, 4) is 5.75 Å². The summed E-state index contributed by atoms with van der Waals surface area (Å²) in [7, 11) is 0. The fourth-order valence-electron chi connectivity index (χ4n) is 4.35. The zero-order valence-electron chi connectivity index (χ0n) is 18.1. The maximum atomic E-state index is 13.6. The van der Waals surface area contributed by atoms with Gasteiger partial charge in [0.1, 0.15) is 11.5 Å². The van der Waals surface area contributed by atoms with Gasteiger partial charge in [-0.3, -0.25) is 4.79 Å². The van der Waals surface area contributed by atoms with E-state index < -0.39 is 11.6 Å². The number of hydrogen-bond acceptors (Lipinski definition) is 2. The molecule has 0 aliphatic rings. The van der Waals surface area contributed by atoms with Gasteiger partial charge in [-0.1, -0.05) is 50.2 Å². The number of phenols is 1. The van der Waals surface area contributed by atoms with Crippen molar-refractivity contribution >= 4 is 16.7 Å². The highest BCUT2D eigenvalue weighted by molar-refractivity contribution is 5.93. The predicted octanol–water partition coefficient (Wildman–Crippen LogP) is 6.15. The highest BCUT2D eigenvalue weighted by Crippen LogP contribution is 2.34. The minimum Gasteiger partial charge on any atom is -0.508 e. The van der Waals surface area contributed by atoms with Crippen LogP contribution in [0.2, 0.25) is 0 Å². The number of halogens is 2. The lowest BCUT2D eigenvalue weighted by Crippen LogP contribution is -2.11. The Morgan fingerprint density at radius 2 is 1.66 bits per heavy atom. The maximum absolute atomic E-state index is 13.6. The second-order valence-corrected chi connectivity index (χ2v) is 8.43. The molecule has 0 saturated heterocycles. The van der Waals surface area contributed by atoms with Crippen LogP contribution in [0.5, 0.6) is 5.75 Å². The molecular formula is C27H25F2NO2. The third-order valence-electron chi connectivity index (χ3n) is 5.69. The molecule has 3 nitrogen and oxygen atoms in total. The number of hydrogen-bond donors (Lipinski definition) is 1. The van der Waals surface area contributed by atoms with Crippen LogP contribution in [0.1, 0.15) is 42.1 Å². The average Bonchev–Trinajstić information content (AvgIpc) is 3.04. The van der Waals surface area contributed by atoms with Gasteiger partial charge < -0.3 is 9.67 Å². The highest BCUT2D eigenvalue weighted by atomic mass is 19.2. The van der Waals surface area contributed by atoms with E-state index in [1.165, 1.54) is 6.07 Å². The third-order valence-corrected chi connectivity index (χ3v) is 5.69. The summed E-state index contributed by atoms with van der Waals surface area (Å²) in [4.78, 5) is 13.0. The Bertz CT molecular complexity index is 1280. The summed E-state index contributed by atoms with van der Waals surface area (Å²) in [5, 5.41) is 11.0. The first-order valence-electron chi connectivity index (χ1n) is 10.7. The number of ketones is 1. The zero-order chi connectivity index (χ0) is 22.8. The van der Waals surface area contributed by atoms with Crippen molar-refractivity contribution in [1.82, 2.24) is 4.57 Å². The minimum absolute atomic E-state index is 0.0128. The van der Waals surface area contributed by atoms with E-state index in [1.54, 1.807) is 12.1 Å². The molecule has 0 aliphatic heterocycles. The van der Waals surface area contributed by atoms with E-state index in [9.17, 15) is 18.7 Å². The first-order chi connectivity index (χ1) is 15.3. The zero-order valence-corrected chi connectivity index (χ0v) is 18.1. The summed E-state index contributed by atoms with van der Waals surface area (Å²) in [6.07, 6.45) is 0.160. The van der Waals surface area contributed by atoms with Crippen molar-refractivity contribution in [1.29, 1.82) is 0 Å². The molecule has 0 amide bonds. The molecule has 0 spiro atoms. The van der Waals surface area contributed by atoms with Gasteiger partial charge in [0.15, 0.2) is 11.6 Å². The number of carbonyl (C=O) groups excluding carboxylic acids is 1. The summed E-state index contributed by atoms with van der Waals surface area (Å²) in [6.45, 7) is 4.81. The van der Waals surface area contributed by atoms with Crippen LogP contribution in [0.3, 0.4) is 0 Å². The number of benzene rings is 3. The van der Waals surface area contributed by atoms with Gasteiger partial charge in [0.25, 0.3) is 0 Å². The van der Waals surface area contributed by atoms with Crippen molar-refractivity contribution in [3.63, 3.8) is 0 Å². The van der Waals surface area contributed by atoms with Crippen molar-refractivity contribution in [3.05, 3.63) is 101 Å². The molecule has 0 atom stereocenters. The highest BCUT2D eigenvalue weighted by Gasteiger charge is 2.22. The normalized spacial score (nSPS) is 11.4. The number of Topliss-reactive ketones (excluding diaryl/α,β-unsaturated/α-hetero) is 1. The first-order valence-corrected chi connectivity index (χ1v) is 10.7. The van der Waals surface area contributed by atoms with Gasteiger partial charge in [0, 0.05) is 36.0 Å². The van der Waals surface area contributed by atoms with E-state index in [0.717, 1.165) is 39.9 Å². The molecule has 4 rings (SSSR count). The number of fused-ring (bicyclic) bond motifs is 1. The van der Waals surface area contributed by atoms with Crippen molar-refractivity contribution in [2.75, 3.05) is 0 Å². The molecule has 0 saturated carbocycles. The monoisotopic (exact) mass is 433 g/mol. The molecule has 1 heterocycles. The molecule has 0 aliphatic carbocycles. The lowest BCUT2D eigenvalue weighted by atomic mass is 9.96. The summed E-state index contributed by atoms with van der Waals surface area (Å²) in [6, 6.07) is 18.9. The van der Waals surface area contributed by atoms with Crippen LogP contribution in [0, 0.1) is 11.6 Å². The van der Waals surface area contributed by atoms with Gasteiger partial charge in [-0.25, -0.2) is 8.78 Å². The van der Waals surface area contributed by atoms with Crippen LogP contribution in [-0.4, -0.2) is 15.5 Å². The summed E-state index contributed by atoms with van der Waals surface area (Å²) in [5.74, 6) is -1.70. The van der Waals surface area contributed by atoms with Gasteiger partial charge in [-0.05, 0) is 52.9 Å². The summed E-state index contributed by atoms with van der Waals surface area (Å²) < 4.78 is 29.0. The SMILES string of the molecule is CC(C)c1c(CC(=O)Cc2ccc(F)c(F)c2)c2cc(O)ccc2n1Cc1ccccc1. The van der Waals surface area contributed by atoms with Gasteiger partial charge in [0.05, 0.1) is 0 Å². The van der Waals surface area contributed by atoms with E-state index >= 15 is 0 Å². The van der Waals surface area contributed by atoms with Crippen molar-refractivity contribution in [2.45, 2.75) is 39.2 Å². The maximum Gasteiger partial charge on any atom is 0.159 e. The van der Waals surface area contributed by atoms with E-state index in [0.29, 0.717) is 12.1 Å². The fraction of sp³-hybridized carbons (Fsp3) is 0.222. The Morgan fingerprint density at radius 1 is 0.906 bits per heavy atom. The van der Waals surface area contributed by atoms with Crippen LogP contribution in [0.15, 0.2) is 66.7 Å². The van der Waals surface area contributed by atoms with E-state index in [4.69, 9.17) is 0 Å². The Balaban J connectivity index is 1.75. The molecule has 32 heavy (non-hydrogen) atoms. The van der Waals surface area contributed by atoms with Gasteiger partial charge >= 0.3 is 0 Å². The van der Waals surface area contributed by atoms with Crippen molar-refractivity contribution < 1.29 is 18.7 Å². The van der Waals surface area contributed by atoms with Crippen LogP contribution >= 0.6 is 0 Å². The average molecular weight is 433 g/mol. The Hall–Kier alpha value is -3.47.